The minimum Gasteiger partial charge on any atom is -0.329 e. The molecule has 0 aromatic heterocycles. The van der Waals surface area contributed by atoms with E-state index in [0.717, 1.165) is 26.2 Å². The van der Waals surface area contributed by atoms with Crippen LogP contribution in [0.1, 0.15) is 61.0 Å². The van der Waals surface area contributed by atoms with Gasteiger partial charge in [0.15, 0.2) is 0 Å². The molecule has 1 fully saturated rings. The number of amides is 1. The van der Waals surface area contributed by atoms with Gasteiger partial charge in [0.25, 0.3) is 5.91 Å². The van der Waals surface area contributed by atoms with E-state index in [-0.39, 0.29) is 11.9 Å². The molecular weight excluding hydrogens is 368 g/mol. The summed E-state index contributed by atoms with van der Waals surface area (Å²) >= 11 is 6.31. The number of nitrogens with zero attached hydrogens (tertiary/aromatic N) is 2. The van der Waals surface area contributed by atoms with Crippen molar-refractivity contribution in [3.8, 4) is 0 Å². The molecule has 1 unspecified atom stereocenters. The SMILES string of the molecule is CCCCCCCN1CCN(C(=O)c2ccccc2Cl)C(c2ccccc2)C1. The molecule has 0 aliphatic carbocycles. The van der Waals surface area contributed by atoms with Crippen molar-refractivity contribution >= 4 is 17.5 Å². The minimum atomic E-state index is 0.0297. The lowest BCUT2D eigenvalue weighted by Crippen LogP contribution is -2.50. The Hall–Kier alpha value is -1.84. The first-order valence-electron chi connectivity index (χ1n) is 10.5. The van der Waals surface area contributed by atoms with Gasteiger partial charge in [0, 0.05) is 19.6 Å². The Morgan fingerprint density at radius 3 is 2.43 bits per heavy atom. The first-order valence-corrected chi connectivity index (χ1v) is 10.9. The van der Waals surface area contributed by atoms with Gasteiger partial charge in [-0.15, -0.1) is 0 Å². The van der Waals surface area contributed by atoms with Gasteiger partial charge in [0.1, 0.15) is 0 Å². The molecule has 1 saturated heterocycles. The predicted molar refractivity (Wildman–Crippen MR) is 117 cm³/mol. The van der Waals surface area contributed by atoms with Crippen molar-refractivity contribution in [1.29, 1.82) is 0 Å². The minimum absolute atomic E-state index is 0.0297. The van der Waals surface area contributed by atoms with Crippen molar-refractivity contribution in [1.82, 2.24) is 9.80 Å². The summed E-state index contributed by atoms with van der Waals surface area (Å²) in [5.74, 6) is 0.0297. The fourth-order valence-electron chi connectivity index (χ4n) is 3.97. The molecule has 0 saturated carbocycles. The number of unbranched alkanes of at least 4 members (excludes halogenated alkanes) is 4. The van der Waals surface area contributed by atoms with E-state index in [1.807, 2.05) is 29.2 Å². The highest BCUT2D eigenvalue weighted by atomic mass is 35.5. The molecule has 3 nitrogen and oxygen atoms in total. The summed E-state index contributed by atoms with van der Waals surface area (Å²) in [6, 6.07) is 17.8. The third-order valence-electron chi connectivity index (χ3n) is 5.59. The average Bonchev–Trinajstić information content (AvgIpc) is 2.74. The fourth-order valence-corrected chi connectivity index (χ4v) is 4.19. The third kappa shape index (κ3) is 5.36. The summed E-state index contributed by atoms with van der Waals surface area (Å²) in [6.45, 7) is 5.90. The van der Waals surface area contributed by atoms with Crippen molar-refractivity contribution in [3.05, 3.63) is 70.7 Å². The van der Waals surface area contributed by atoms with Crippen LogP contribution in [0.2, 0.25) is 5.02 Å². The summed E-state index contributed by atoms with van der Waals surface area (Å²) in [6.07, 6.45) is 6.46. The van der Waals surface area contributed by atoms with Gasteiger partial charge < -0.3 is 4.90 Å². The van der Waals surface area contributed by atoms with Crippen LogP contribution in [0.15, 0.2) is 54.6 Å². The number of hydrogen-bond donors (Lipinski definition) is 0. The fraction of sp³-hybridized carbons (Fsp3) is 0.458. The Morgan fingerprint density at radius 2 is 1.68 bits per heavy atom. The van der Waals surface area contributed by atoms with Gasteiger partial charge in [-0.2, -0.15) is 0 Å². The first kappa shape index (κ1) is 20.9. The van der Waals surface area contributed by atoms with Crippen LogP contribution in [0.3, 0.4) is 0 Å². The summed E-state index contributed by atoms with van der Waals surface area (Å²) in [5.41, 5.74) is 1.79. The molecule has 150 valence electrons. The Morgan fingerprint density at radius 1 is 0.964 bits per heavy atom. The number of carbonyl (C=O) groups excluding carboxylic acids is 1. The zero-order chi connectivity index (χ0) is 19.8. The van der Waals surface area contributed by atoms with Gasteiger partial charge in [0.05, 0.1) is 16.6 Å². The largest absolute Gasteiger partial charge is 0.329 e. The maximum Gasteiger partial charge on any atom is 0.255 e. The molecule has 0 spiro atoms. The van der Waals surface area contributed by atoms with Crippen molar-refractivity contribution in [2.45, 2.75) is 45.1 Å². The Balaban J connectivity index is 1.72. The standard InChI is InChI=1S/C24H31ClN2O/c1-2-3-4-5-11-16-26-17-18-27(23(19-26)20-12-7-6-8-13-20)24(28)21-14-9-10-15-22(21)25/h6-10,12-15,23H,2-5,11,16-19H2,1H3. The number of benzene rings is 2. The van der Waals surface area contributed by atoms with Gasteiger partial charge in [-0.05, 0) is 30.7 Å². The van der Waals surface area contributed by atoms with Crippen molar-refractivity contribution < 1.29 is 4.79 Å². The van der Waals surface area contributed by atoms with Crippen LogP contribution >= 0.6 is 11.6 Å². The highest BCUT2D eigenvalue weighted by Crippen LogP contribution is 2.29. The van der Waals surface area contributed by atoms with E-state index >= 15 is 0 Å². The third-order valence-corrected chi connectivity index (χ3v) is 5.92. The van der Waals surface area contributed by atoms with Gasteiger partial charge in [-0.3, -0.25) is 9.69 Å². The van der Waals surface area contributed by atoms with E-state index in [2.05, 4.69) is 36.1 Å². The molecule has 1 amide bonds. The van der Waals surface area contributed by atoms with E-state index < -0.39 is 0 Å². The van der Waals surface area contributed by atoms with E-state index in [1.54, 1.807) is 6.07 Å². The maximum absolute atomic E-state index is 13.3. The number of carbonyl (C=O) groups is 1. The van der Waals surface area contributed by atoms with Gasteiger partial charge in [-0.1, -0.05) is 86.7 Å². The van der Waals surface area contributed by atoms with Crippen LogP contribution in [-0.4, -0.2) is 41.9 Å². The molecule has 1 aliphatic heterocycles. The summed E-state index contributed by atoms with van der Waals surface area (Å²) < 4.78 is 0. The monoisotopic (exact) mass is 398 g/mol. The molecule has 0 bridgehead atoms. The highest BCUT2D eigenvalue weighted by Gasteiger charge is 2.32. The summed E-state index contributed by atoms with van der Waals surface area (Å²) in [4.78, 5) is 17.8. The van der Waals surface area contributed by atoms with E-state index in [9.17, 15) is 4.79 Å². The summed E-state index contributed by atoms with van der Waals surface area (Å²) in [7, 11) is 0. The normalized spacial score (nSPS) is 17.6. The van der Waals surface area contributed by atoms with Crippen molar-refractivity contribution in [2.24, 2.45) is 0 Å². The highest BCUT2D eigenvalue weighted by molar-refractivity contribution is 6.33. The van der Waals surface area contributed by atoms with Crippen LogP contribution in [0.25, 0.3) is 0 Å². The topological polar surface area (TPSA) is 23.6 Å². The molecule has 1 aliphatic rings. The Bertz CT molecular complexity index is 749. The molecule has 4 heteroatoms. The number of halogens is 1. The van der Waals surface area contributed by atoms with Gasteiger partial charge in [0.2, 0.25) is 0 Å². The Labute approximate surface area is 174 Å². The Kier molecular flexibility index (Phi) is 7.93. The number of piperazine rings is 1. The van der Waals surface area contributed by atoms with Crippen LogP contribution in [0.4, 0.5) is 0 Å². The van der Waals surface area contributed by atoms with E-state index in [4.69, 9.17) is 11.6 Å². The first-order chi connectivity index (χ1) is 13.7. The van der Waals surface area contributed by atoms with Crippen LogP contribution in [-0.2, 0) is 0 Å². The molecule has 1 heterocycles. The van der Waals surface area contributed by atoms with E-state index in [0.29, 0.717) is 10.6 Å². The van der Waals surface area contributed by atoms with Gasteiger partial charge in [-0.25, -0.2) is 0 Å². The second-order valence-electron chi connectivity index (χ2n) is 7.62. The maximum atomic E-state index is 13.3. The zero-order valence-electron chi connectivity index (χ0n) is 16.8. The summed E-state index contributed by atoms with van der Waals surface area (Å²) in [5, 5.41) is 0.526. The van der Waals surface area contributed by atoms with E-state index in [1.165, 1.54) is 37.7 Å². The van der Waals surface area contributed by atoms with Crippen molar-refractivity contribution in [3.63, 3.8) is 0 Å². The molecule has 3 rings (SSSR count). The predicted octanol–water partition coefficient (Wildman–Crippen LogP) is 5.81. The average molecular weight is 399 g/mol. The smallest absolute Gasteiger partial charge is 0.255 e. The number of hydrogen-bond acceptors (Lipinski definition) is 2. The van der Waals surface area contributed by atoms with Gasteiger partial charge >= 0.3 is 0 Å². The molecule has 1 atom stereocenters. The molecule has 2 aromatic carbocycles. The lowest BCUT2D eigenvalue weighted by molar-refractivity contribution is 0.0447. The molecule has 0 radical (unpaired) electrons. The lowest BCUT2D eigenvalue weighted by Gasteiger charge is -2.42. The molecule has 0 N–H and O–H groups in total. The van der Waals surface area contributed by atoms with Crippen LogP contribution < -0.4 is 0 Å². The van der Waals surface area contributed by atoms with Crippen molar-refractivity contribution in [2.75, 3.05) is 26.2 Å². The number of rotatable bonds is 8. The molecule has 2 aromatic rings. The molecular formula is C24H31ClN2O. The second-order valence-corrected chi connectivity index (χ2v) is 8.03. The van der Waals surface area contributed by atoms with Crippen LogP contribution in [0, 0.1) is 0 Å². The quantitative estimate of drug-likeness (QED) is 0.524. The lowest BCUT2D eigenvalue weighted by atomic mass is 10.0. The molecule has 28 heavy (non-hydrogen) atoms. The zero-order valence-corrected chi connectivity index (χ0v) is 17.6. The van der Waals surface area contributed by atoms with Crippen LogP contribution in [0.5, 0.6) is 0 Å². The second kappa shape index (κ2) is 10.6.